The summed E-state index contributed by atoms with van der Waals surface area (Å²) in [5.41, 5.74) is 11.0. The minimum atomic E-state index is -0.539. The molecule has 0 spiro atoms. The van der Waals surface area contributed by atoms with E-state index >= 15 is 0 Å². The largest absolute Gasteiger partial charge is 0.382 e. The van der Waals surface area contributed by atoms with Crippen LogP contribution in [0, 0.1) is 0 Å². The average molecular weight is 232 g/mol. The van der Waals surface area contributed by atoms with Crippen LogP contribution in [0.15, 0.2) is 0 Å². The van der Waals surface area contributed by atoms with Crippen molar-refractivity contribution in [2.45, 2.75) is 0 Å². The summed E-state index contributed by atoms with van der Waals surface area (Å²) in [7, 11) is 0. The molecule has 0 radical (unpaired) electrons. The fourth-order valence-corrected chi connectivity index (χ4v) is 1.98. The Morgan fingerprint density at radius 1 is 1.71 bits per heavy atom. The number of primary amides is 1. The van der Waals surface area contributed by atoms with Gasteiger partial charge in [0, 0.05) is 12.3 Å². The van der Waals surface area contributed by atoms with Gasteiger partial charge in [0.1, 0.15) is 10.6 Å². The van der Waals surface area contributed by atoms with Gasteiger partial charge in [0.2, 0.25) is 0 Å². The number of carbonyl (C=O) groups excluding carboxylic acids is 1. The summed E-state index contributed by atoms with van der Waals surface area (Å²) >= 11 is 2.87. The molecule has 5 nitrogen and oxygen atoms in total. The van der Waals surface area contributed by atoms with E-state index in [4.69, 9.17) is 11.5 Å². The molecule has 0 aliphatic rings. The van der Waals surface area contributed by atoms with Gasteiger partial charge in [0.15, 0.2) is 5.82 Å². The lowest BCUT2D eigenvalue weighted by atomic mass is 10.3. The monoisotopic (exact) mass is 232 g/mol. The Labute approximate surface area is 90.4 Å². The van der Waals surface area contributed by atoms with E-state index in [0.717, 1.165) is 23.8 Å². The van der Waals surface area contributed by atoms with Gasteiger partial charge in [-0.05, 0) is 17.8 Å². The van der Waals surface area contributed by atoms with Crippen molar-refractivity contribution < 1.29 is 4.79 Å². The zero-order valence-electron chi connectivity index (χ0n) is 7.74. The molecule has 0 fully saturated rings. The Hall–Kier alpha value is -0.950. The van der Waals surface area contributed by atoms with Crippen LogP contribution in [0.2, 0.25) is 0 Å². The fourth-order valence-electron chi connectivity index (χ4n) is 0.928. The Kier molecular flexibility index (Phi) is 4.02. The van der Waals surface area contributed by atoms with Gasteiger partial charge < -0.3 is 16.8 Å². The minimum absolute atomic E-state index is 0.203. The summed E-state index contributed by atoms with van der Waals surface area (Å²) in [5, 5.41) is 3.73. The first-order valence-corrected chi connectivity index (χ1v) is 6.11. The molecule has 1 aromatic rings. The van der Waals surface area contributed by atoms with Crippen LogP contribution in [0.4, 0.5) is 10.8 Å². The third kappa shape index (κ3) is 2.52. The SMILES string of the molecule is CSCCNc1snc(N)c1C(N)=O. The quantitative estimate of drug-likeness (QED) is 0.646. The third-order valence-corrected chi connectivity index (χ3v) is 2.99. The van der Waals surface area contributed by atoms with E-state index in [1.807, 2.05) is 6.26 Å². The number of nitrogens with one attached hydrogen (secondary N) is 1. The number of amides is 1. The lowest BCUT2D eigenvalue weighted by Crippen LogP contribution is -2.15. The highest BCUT2D eigenvalue weighted by molar-refractivity contribution is 7.98. The molecule has 0 atom stereocenters. The lowest BCUT2D eigenvalue weighted by molar-refractivity contribution is 0.100. The van der Waals surface area contributed by atoms with Crippen molar-refractivity contribution >= 4 is 40.0 Å². The maximum absolute atomic E-state index is 11.0. The zero-order chi connectivity index (χ0) is 10.6. The maximum Gasteiger partial charge on any atom is 0.255 e. The number of hydrogen-bond donors (Lipinski definition) is 3. The van der Waals surface area contributed by atoms with Crippen LogP contribution in [-0.2, 0) is 0 Å². The van der Waals surface area contributed by atoms with E-state index in [0.29, 0.717) is 10.6 Å². The number of carbonyl (C=O) groups is 1. The van der Waals surface area contributed by atoms with Crippen molar-refractivity contribution in [2.75, 3.05) is 29.6 Å². The standard InChI is InChI=1S/C7H12N4OS2/c1-13-3-2-10-7-4(6(9)12)5(8)11-14-7/h10H,2-3H2,1H3,(H2,8,11)(H2,9,12). The molecule has 0 saturated heterocycles. The first-order valence-electron chi connectivity index (χ1n) is 3.94. The van der Waals surface area contributed by atoms with Gasteiger partial charge in [-0.15, -0.1) is 0 Å². The number of nitrogens with two attached hydrogens (primary N) is 2. The van der Waals surface area contributed by atoms with Crippen molar-refractivity contribution in [3.05, 3.63) is 5.56 Å². The molecule has 1 rings (SSSR count). The van der Waals surface area contributed by atoms with E-state index in [2.05, 4.69) is 9.69 Å². The summed E-state index contributed by atoms with van der Waals surface area (Å²) in [5.74, 6) is 0.618. The summed E-state index contributed by atoms with van der Waals surface area (Å²) < 4.78 is 3.87. The first kappa shape index (κ1) is 11.1. The van der Waals surface area contributed by atoms with Crippen LogP contribution in [-0.4, -0.2) is 28.8 Å². The fraction of sp³-hybridized carbons (Fsp3) is 0.429. The Morgan fingerprint density at radius 2 is 2.43 bits per heavy atom. The van der Waals surface area contributed by atoms with Crippen LogP contribution in [0.3, 0.4) is 0 Å². The summed E-state index contributed by atoms with van der Waals surface area (Å²) in [6, 6.07) is 0. The topological polar surface area (TPSA) is 94.0 Å². The number of rotatable bonds is 5. The Balaban J connectivity index is 2.71. The molecular formula is C7H12N4OS2. The summed E-state index contributed by atoms with van der Waals surface area (Å²) in [6.45, 7) is 0.767. The van der Waals surface area contributed by atoms with Gasteiger partial charge in [0.05, 0.1) is 0 Å². The van der Waals surface area contributed by atoms with Gasteiger partial charge in [-0.1, -0.05) is 0 Å². The average Bonchev–Trinajstić information content (AvgIpc) is 2.47. The highest BCUT2D eigenvalue weighted by atomic mass is 32.2. The molecule has 7 heteroatoms. The predicted molar refractivity (Wildman–Crippen MR) is 61.9 cm³/mol. The van der Waals surface area contributed by atoms with Crippen LogP contribution >= 0.6 is 23.3 Å². The van der Waals surface area contributed by atoms with Gasteiger partial charge in [-0.2, -0.15) is 16.1 Å². The molecule has 1 heterocycles. The number of aromatic nitrogens is 1. The smallest absolute Gasteiger partial charge is 0.255 e. The molecule has 0 saturated carbocycles. The second kappa shape index (κ2) is 5.06. The first-order chi connectivity index (χ1) is 6.66. The van der Waals surface area contributed by atoms with Crippen LogP contribution in [0.1, 0.15) is 10.4 Å². The lowest BCUT2D eigenvalue weighted by Gasteiger charge is -2.02. The number of nitrogen functional groups attached to an aromatic ring is 1. The highest BCUT2D eigenvalue weighted by Crippen LogP contribution is 2.25. The van der Waals surface area contributed by atoms with Gasteiger partial charge in [0.25, 0.3) is 5.91 Å². The van der Waals surface area contributed by atoms with Gasteiger partial charge >= 0.3 is 0 Å². The molecule has 0 aliphatic heterocycles. The molecule has 0 unspecified atom stereocenters. The predicted octanol–water partition coefficient (Wildman–Crippen LogP) is 0.599. The van der Waals surface area contributed by atoms with Crippen molar-refractivity contribution in [2.24, 2.45) is 5.73 Å². The normalized spacial score (nSPS) is 10.1. The number of hydrogen-bond acceptors (Lipinski definition) is 6. The number of nitrogens with zero attached hydrogens (tertiary/aromatic N) is 1. The molecule has 78 valence electrons. The molecule has 0 aliphatic carbocycles. The number of anilines is 2. The Bertz CT molecular complexity index is 325. The molecule has 14 heavy (non-hydrogen) atoms. The van der Waals surface area contributed by atoms with Crippen molar-refractivity contribution in [3.8, 4) is 0 Å². The highest BCUT2D eigenvalue weighted by Gasteiger charge is 2.15. The number of thioether (sulfide) groups is 1. The van der Waals surface area contributed by atoms with Crippen molar-refractivity contribution in [1.82, 2.24) is 4.37 Å². The van der Waals surface area contributed by atoms with E-state index in [1.54, 1.807) is 11.8 Å². The zero-order valence-corrected chi connectivity index (χ0v) is 9.37. The van der Waals surface area contributed by atoms with Crippen molar-refractivity contribution in [1.29, 1.82) is 0 Å². The molecule has 1 amide bonds. The van der Waals surface area contributed by atoms with E-state index in [1.165, 1.54) is 0 Å². The van der Waals surface area contributed by atoms with Gasteiger partial charge in [-0.3, -0.25) is 4.79 Å². The molecule has 0 bridgehead atoms. The molecule has 1 aromatic heterocycles. The maximum atomic E-state index is 11.0. The van der Waals surface area contributed by atoms with Crippen LogP contribution in [0.5, 0.6) is 0 Å². The Morgan fingerprint density at radius 3 is 3.00 bits per heavy atom. The third-order valence-electron chi connectivity index (χ3n) is 1.56. The second-order valence-corrected chi connectivity index (χ2v) is 4.31. The molecule has 0 aromatic carbocycles. The molecular weight excluding hydrogens is 220 g/mol. The summed E-state index contributed by atoms with van der Waals surface area (Å²) in [6.07, 6.45) is 2.01. The van der Waals surface area contributed by atoms with Crippen molar-refractivity contribution in [3.63, 3.8) is 0 Å². The van der Waals surface area contributed by atoms with Crippen LogP contribution < -0.4 is 16.8 Å². The van der Waals surface area contributed by atoms with Gasteiger partial charge in [-0.25, -0.2) is 0 Å². The summed E-state index contributed by atoms with van der Waals surface area (Å²) in [4.78, 5) is 11.0. The van der Waals surface area contributed by atoms with Crippen LogP contribution in [0.25, 0.3) is 0 Å². The second-order valence-electron chi connectivity index (χ2n) is 2.56. The van der Waals surface area contributed by atoms with E-state index in [9.17, 15) is 4.79 Å². The van der Waals surface area contributed by atoms with E-state index in [-0.39, 0.29) is 5.82 Å². The molecule has 5 N–H and O–H groups in total. The minimum Gasteiger partial charge on any atom is -0.382 e. The van der Waals surface area contributed by atoms with E-state index < -0.39 is 5.91 Å².